The van der Waals surface area contributed by atoms with Crippen molar-refractivity contribution >= 4 is 17.3 Å². The maximum atomic E-state index is 8.84. The minimum atomic E-state index is 0.500. The monoisotopic (exact) mass is 315 g/mol. The highest BCUT2D eigenvalue weighted by Crippen LogP contribution is 2.18. The molecule has 4 rings (SSSR count). The van der Waals surface area contributed by atoms with Crippen LogP contribution in [0.15, 0.2) is 54.9 Å². The smallest absolute Gasteiger partial charge is 0.247 e. The van der Waals surface area contributed by atoms with Crippen LogP contribution in [0.25, 0.3) is 11.3 Å². The van der Waals surface area contributed by atoms with Crippen LogP contribution in [-0.2, 0) is 0 Å². The van der Waals surface area contributed by atoms with Gasteiger partial charge in [-0.05, 0) is 49.4 Å². The standard InChI is InChI=1S/C17H13N7/c1-12-15(23-10-2-9-19-23)7-8-16-21-17(22-24(12)16)20-14-5-3-13(11-18)4-6-14/h2-10H,1H3,(H,20,22). The molecule has 3 aromatic heterocycles. The predicted octanol–water partition coefficient (Wildman–Crippen LogP) is 2.84. The Bertz CT molecular complexity index is 1040. The van der Waals surface area contributed by atoms with Gasteiger partial charge in [0.25, 0.3) is 0 Å². The van der Waals surface area contributed by atoms with E-state index in [1.54, 1.807) is 27.5 Å². The number of aromatic nitrogens is 5. The SMILES string of the molecule is Cc1c(-n2cccn2)ccc2nc(Nc3ccc(C#N)cc3)nn12. The number of rotatable bonds is 3. The van der Waals surface area contributed by atoms with Gasteiger partial charge in [0.2, 0.25) is 5.95 Å². The zero-order chi connectivity index (χ0) is 16.5. The highest BCUT2D eigenvalue weighted by atomic mass is 15.4. The van der Waals surface area contributed by atoms with E-state index in [0.29, 0.717) is 11.5 Å². The first-order valence-corrected chi connectivity index (χ1v) is 7.38. The molecule has 3 heterocycles. The maximum absolute atomic E-state index is 8.84. The molecule has 4 aromatic rings. The van der Waals surface area contributed by atoms with E-state index in [2.05, 4.69) is 26.6 Å². The van der Waals surface area contributed by atoms with E-state index >= 15 is 0 Å². The zero-order valence-electron chi connectivity index (χ0n) is 12.9. The molecule has 1 aromatic carbocycles. The van der Waals surface area contributed by atoms with Crippen molar-refractivity contribution in [2.45, 2.75) is 6.92 Å². The Labute approximate surface area is 137 Å². The quantitative estimate of drug-likeness (QED) is 0.628. The van der Waals surface area contributed by atoms with E-state index in [1.807, 2.05) is 43.5 Å². The molecule has 0 fully saturated rings. The van der Waals surface area contributed by atoms with E-state index in [9.17, 15) is 0 Å². The third-order valence-corrected chi connectivity index (χ3v) is 3.73. The molecule has 0 aliphatic carbocycles. The molecule has 0 saturated carbocycles. The van der Waals surface area contributed by atoms with Gasteiger partial charge < -0.3 is 5.32 Å². The molecule has 1 N–H and O–H groups in total. The number of benzene rings is 1. The summed E-state index contributed by atoms with van der Waals surface area (Å²) in [4.78, 5) is 4.48. The normalized spacial score (nSPS) is 10.7. The van der Waals surface area contributed by atoms with Crippen molar-refractivity contribution in [1.82, 2.24) is 24.4 Å². The van der Waals surface area contributed by atoms with Crippen LogP contribution in [0.5, 0.6) is 0 Å². The van der Waals surface area contributed by atoms with Gasteiger partial charge in [-0.2, -0.15) is 15.3 Å². The van der Waals surface area contributed by atoms with Crippen molar-refractivity contribution < 1.29 is 0 Å². The first kappa shape index (κ1) is 14.0. The van der Waals surface area contributed by atoms with Gasteiger partial charge in [-0.25, -0.2) is 9.20 Å². The third-order valence-electron chi connectivity index (χ3n) is 3.73. The van der Waals surface area contributed by atoms with Gasteiger partial charge in [-0.3, -0.25) is 0 Å². The van der Waals surface area contributed by atoms with Gasteiger partial charge in [0, 0.05) is 18.1 Å². The number of hydrogen-bond donors (Lipinski definition) is 1. The van der Waals surface area contributed by atoms with E-state index in [4.69, 9.17) is 5.26 Å². The summed E-state index contributed by atoms with van der Waals surface area (Å²) in [6, 6.07) is 15.0. The number of nitrogens with zero attached hydrogens (tertiary/aromatic N) is 6. The summed E-state index contributed by atoms with van der Waals surface area (Å²) in [6.45, 7) is 1.98. The van der Waals surface area contributed by atoms with Crippen LogP contribution < -0.4 is 5.32 Å². The summed E-state index contributed by atoms with van der Waals surface area (Å²) in [7, 11) is 0. The first-order chi connectivity index (χ1) is 11.7. The summed E-state index contributed by atoms with van der Waals surface area (Å²) in [5.74, 6) is 0.500. The highest BCUT2D eigenvalue weighted by Gasteiger charge is 2.10. The molecule has 116 valence electrons. The van der Waals surface area contributed by atoms with Crippen LogP contribution >= 0.6 is 0 Å². The Morgan fingerprint density at radius 2 is 1.96 bits per heavy atom. The number of nitriles is 1. The van der Waals surface area contributed by atoms with Crippen LogP contribution in [0.2, 0.25) is 0 Å². The Kier molecular flexibility index (Phi) is 3.21. The molecule has 0 unspecified atom stereocenters. The van der Waals surface area contributed by atoms with Gasteiger partial charge in [0.1, 0.15) is 0 Å². The zero-order valence-corrected chi connectivity index (χ0v) is 12.9. The van der Waals surface area contributed by atoms with E-state index in [0.717, 1.165) is 22.7 Å². The number of hydrogen-bond acceptors (Lipinski definition) is 5. The molecule has 0 saturated heterocycles. The Hall–Kier alpha value is -3.66. The van der Waals surface area contributed by atoms with E-state index in [1.165, 1.54) is 0 Å². The van der Waals surface area contributed by atoms with Crippen molar-refractivity contribution in [1.29, 1.82) is 5.26 Å². The second-order valence-electron chi connectivity index (χ2n) is 5.27. The number of fused-ring (bicyclic) bond motifs is 1. The lowest BCUT2D eigenvalue weighted by Crippen LogP contribution is -2.03. The Morgan fingerprint density at radius 3 is 2.67 bits per heavy atom. The van der Waals surface area contributed by atoms with Crippen molar-refractivity contribution in [2.75, 3.05) is 5.32 Å². The lowest BCUT2D eigenvalue weighted by atomic mass is 10.2. The third kappa shape index (κ3) is 2.36. The van der Waals surface area contributed by atoms with Crippen molar-refractivity contribution in [3.8, 4) is 11.8 Å². The number of nitrogens with one attached hydrogen (secondary N) is 1. The molecule has 7 nitrogen and oxygen atoms in total. The molecule has 0 radical (unpaired) electrons. The minimum Gasteiger partial charge on any atom is -0.323 e. The average molecular weight is 315 g/mol. The largest absolute Gasteiger partial charge is 0.323 e. The van der Waals surface area contributed by atoms with Crippen LogP contribution in [-0.4, -0.2) is 24.4 Å². The minimum absolute atomic E-state index is 0.500. The first-order valence-electron chi connectivity index (χ1n) is 7.38. The fourth-order valence-electron chi connectivity index (χ4n) is 2.53. The molecule has 7 heteroatoms. The van der Waals surface area contributed by atoms with Crippen molar-refractivity contribution in [3.05, 3.63) is 66.1 Å². The second-order valence-corrected chi connectivity index (χ2v) is 5.27. The van der Waals surface area contributed by atoms with Gasteiger partial charge in [0.05, 0.1) is 23.0 Å². The predicted molar refractivity (Wildman–Crippen MR) is 89.3 cm³/mol. The van der Waals surface area contributed by atoms with Crippen molar-refractivity contribution in [3.63, 3.8) is 0 Å². The van der Waals surface area contributed by atoms with Crippen LogP contribution in [0, 0.1) is 18.3 Å². The summed E-state index contributed by atoms with van der Waals surface area (Å²) in [5.41, 5.74) is 4.08. The fraction of sp³-hybridized carbons (Fsp3) is 0.0588. The fourth-order valence-corrected chi connectivity index (χ4v) is 2.53. The summed E-state index contributed by atoms with van der Waals surface area (Å²) >= 11 is 0. The molecule has 0 amide bonds. The number of aryl methyl sites for hydroxylation is 1. The molecule has 0 spiro atoms. The highest BCUT2D eigenvalue weighted by molar-refractivity contribution is 5.58. The Morgan fingerprint density at radius 1 is 1.12 bits per heavy atom. The molecular weight excluding hydrogens is 302 g/mol. The van der Waals surface area contributed by atoms with Crippen LogP contribution in [0.1, 0.15) is 11.3 Å². The number of anilines is 2. The molecular formula is C17H13N7. The van der Waals surface area contributed by atoms with Crippen LogP contribution in [0.3, 0.4) is 0 Å². The van der Waals surface area contributed by atoms with Crippen LogP contribution in [0.4, 0.5) is 11.6 Å². The number of pyridine rings is 1. The molecule has 0 aliphatic heterocycles. The molecule has 0 bridgehead atoms. The summed E-state index contributed by atoms with van der Waals surface area (Å²) in [6.07, 6.45) is 3.63. The molecule has 0 atom stereocenters. The van der Waals surface area contributed by atoms with E-state index in [-0.39, 0.29) is 0 Å². The van der Waals surface area contributed by atoms with E-state index < -0.39 is 0 Å². The topological polar surface area (TPSA) is 83.8 Å². The van der Waals surface area contributed by atoms with Gasteiger partial charge in [0.15, 0.2) is 5.65 Å². The van der Waals surface area contributed by atoms with Gasteiger partial charge in [-0.15, -0.1) is 5.10 Å². The summed E-state index contributed by atoms with van der Waals surface area (Å²) in [5, 5.41) is 20.8. The summed E-state index contributed by atoms with van der Waals surface area (Å²) < 4.78 is 3.58. The maximum Gasteiger partial charge on any atom is 0.247 e. The Balaban J connectivity index is 1.70. The van der Waals surface area contributed by atoms with Gasteiger partial charge >= 0.3 is 0 Å². The molecule has 24 heavy (non-hydrogen) atoms. The average Bonchev–Trinajstić information content (AvgIpc) is 3.26. The lowest BCUT2D eigenvalue weighted by molar-refractivity contribution is 0.829. The lowest BCUT2D eigenvalue weighted by Gasteiger charge is -2.06. The second kappa shape index (κ2) is 5.52. The van der Waals surface area contributed by atoms with Crippen molar-refractivity contribution in [2.24, 2.45) is 0 Å². The molecule has 0 aliphatic rings. The van der Waals surface area contributed by atoms with Gasteiger partial charge in [-0.1, -0.05) is 0 Å².